The SMILES string of the molecule is COCCn1ccc2c(NC(=O)CNC(=O)c3cccnc3)cccc21. The molecule has 0 bridgehead atoms. The lowest BCUT2D eigenvalue weighted by Gasteiger charge is -2.09. The van der Waals surface area contributed by atoms with Gasteiger partial charge in [0.05, 0.1) is 29.9 Å². The summed E-state index contributed by atoms with van der Waals surface area (Å²) < 4.78 is 7.18. The Bertz CT molecular complexity index is 906. The standard InChI is InChI=1S/C19H20N4O3/c1-26-11-10-23-9-7-15-16(5-2-6-17(15)23)22-18(24)13-21-19(25)14-4-3-8-20-12-14/h2-9,12H,10-11,13H2,1H3,(H,21,25)(H,22,24). The number of fused-ring (bicyclic) bond motifs is 1. The minimum atomic E-state index is -0.336. The van der Waals surface area contributed by atoms with E-state index < -0.39 is 0 Å². The van der Waals surface area contributed by atoms with Crippen LogP contribution < -0.4 is 10.6 Å². The fourth-order valence-electron chi connectivity index (χ4n) is 2.67. The monoisotopic (exact) mass is 352 g/mol. The van der Waals surface area contributed by atoms with Gasteiger partial charge in [0.1, 0.15) is 0 Å². The van der Waals surface area contributed by atoms with E-state index in [1.54, 1.807) is 25.4 Å². The van der Waals surface area contributed by atoms with Crippen LogP contribution in [0.15, 0.2) is 55.0 Å². The van der Waals surface area contributed by atoms with Crippen molar-refractivity contribution in [2.45, 2.75) is 6.54 Å². The molecule has 0 saturated carbocycles. The smallest absolute Gasteiger partial charge is 0.253 e. The minimum absolute atomic E-state index is 0.117. The Hall–Kier alpha value is -3.19. The maximum atomic E-state index is 12.2. The summed E-state index contributed by atoms with van der Waals surface area (Å²) in [6.45, 7) is 1.23. The minimum Gasteiger partial charge on any atom is -0.383 e. The number of ether oxygens (including phenoxy) is 1. The predicted octanol–water partition coefficient (Wildman–Crippen LogP) is 2.05. The molecule has 0 aliphatic rings. The van der Waals surface area contributed by atoms with E-state index in [-0.39, 0.29) is 18.4 Å². The predicted molar refractivity (Wildman–Crippen MR) is 99.0 cm³/mol. The Morgan fingerprint density at radius 3 is 2.85 bits per heavy atom. The number of aromatic nitrogens is 2. The lowest BCUT2D eigenvalue weighted by Crippen LogP contribution is -2.32. The van der Waals surface area contributed by atoms with Crippen molar-refractivity contribution in [3.05, 3.63) is 60.6 Å². The van der Waals surface area contributed by atoms with Crippen LogP contribution in [0.5, 0.6) is 0 Å². The lowest BCUT2D eigenvalue weighted by atomic mass is 10.2. The highest BCUT2D eigenvalue weighted by Gasteiger charge is 2.11. The van der Waals surface area contributed by atoms with E-state index in [2.05, 4.69) is 20.2 Å². The first kappa shape index (κ1) is 17.6. The quantitative estimate of drug-likeness (QED) is 0.681. The number of nitrogens with zero attached hydrogens (tertiary/aromatic N) is 2. The van der Waals surface area contributed by atoms with Gasteiger partial charge in [0.25, 0.3) is 5.91 Å². The molecule has 7 heteroatoms. The maximum Gasteiger partial charge on any atom is 0.253 e. The van der Waals surface area contributed by atoms with Gasteiger partial charge >= 0.3 is 0 Å². The van der Waals surface area contributed by atoms with Gasteiger partial charge in [-0.25, -0.2) is 0 Å². The zero-order valence-electron chi connectivity index (χ0n) is 14.4. The van der Waals surface area contributed by atoms with Crippen LogP contribution in [0.1, 0.15) is 10.4 Å². The Kier molecular flexibility index (Phi) is 5.60. The number of carbonyl (C=O) groups is 2. The van der Waals surface area contributed by atoms with Crippen LogP contribution in [0.25, 0.3) is 10.9 Å². The van der Waals surface area contributed by atoms with Gasteiger partial charge in [-0.1, -0.05) is 6.07 Å². The number of carbonyl (C=O) groups excluding carboxylic acids is 2. The lowest BCUT2D eigenvalue weighted by molar-refractivity contribution is -0.115. The zero-order chi connectivity index (χ0) is 18.4. The first-order chi connectivity index (χ1) is 12.7. The highest BCUT2D eigenvalue weighted by molar-refractivity contribution is 6.04. The fraction of sp³-hybridized carbons (Fsp3) is 0.211. The van der Waals surface area contributed by atoms with Crippen LogP contribution in [0.2, 0.25) is 0 Å². The van der Waals surface area contributed by atoms with Crippen LogP contribution in [-0.2, 0) is 16.1 Å². The summed E-state index contributed by atoms with van der Waals surface area (Å²) in [7, 11) is 1.66. The third kappa shape index (κ3) is 4.07. The van der Waals surface area contributed by atoms with Crippen molar-refractivity contribution in [1.29, 1.82) is 0 Å². The molecule has 134 valence electrons. The third-order valence-corrected chi connectivity index (χ3v) is 3.96. The number of benzene rings is 1. The van der Waals surface area contributed by atoms with Gasteiger partial charge in [-0.2, -0.15) is 0 Å². The number of hydrogen-bond acceptors (Lipinski definition) is 4. The van der Waals surface area contributed by atoms with Crippen LogP contribution in [-0.4, -0.2) is 41.6 Å². The van der Waals surface area contributed by atoms with E-state index in [1.165, 1.54) is 6.20 Å². The van der Waals surface area contributed by atoms with Crippen molar-refractivity contribution >= 4 is 28.4 Å². The molecule has 0 aliphatic carbocycles. The van der Waals surface area contributed by atoms with E-state index in [9.17, 15) is 9.59 Å². The van der Waals surface area contributed by atoms with Crippen molar-refractivity contribution in [3.8, 4) is 0 Å². The van der Waals surface area contributed by atoms with Crippen LogP contribution in [0, 0.1) is 0 Å². The van der Waals surface area contributed by atoms with Crippen molar-refractivity contribution < 1.29 is 14.3 Å². The van der Waals surface area contributed by atoms with E-state index >= 15 is 0 Å². The zero-order valence-corrected chi connectivity index (χ0v) is 14.4. The summed E-state index contributed by atoms with van der Waals surface area (Å²) >= 11 is 0. The van der Waals surface area contributed by atoms with Crippen molar-refractivity contribution in [1.82, 2.24) is 14.9 Å². The Labute approximate surface area is 151 Å². The molecule has 2 amide bonds. The van der Waals surface area contributed by atoms with Gasteiger partial charge in [-0.05, 0) is 30.3 Å². The number of anilines is 1. The summed E-state index contributed by atoms with van der Waals surface area (Å²) in [5, 5.41) is 6.38. The first-order valence-corrected chi connectivity index (χ1v) is 8.24. The maximum absolute atomic E-state index is 12.2. The Morgan fingerprint density at radius 1 is 1.19 bits per heavy atom. The summed E-state index contributed by atoms with van der Waals surface area (Å²) in [5.41, 5.74) is 2.14. The molecule has 0 fully saturated rings. The number of nitrogens with one attached hydrogen (secondary N) is 2. The second-order valence-electron chi connectivity index (χ2n) is 5.71. The molecule has 26 heavy (non-hydrogen) atoms. The summed E-state index contributed by atoms with van der Waals surface area (Å²) in [6.07, 6.45) is 5.00. The van der Waals surface area contributed by atoms with Gasteiger partial charge in [0, 0.05) is 37.6 Å². The fourth-order valence-corrected chi connectivity index (χ4v) is 2.67. The van der Waals surface area contributed by atoms with Gasteiger partial charge in [0.15, 0.2) is 0 Å². The third-order valence-electron chi connectivity index (χ3n) is 3.96. The van der Waals surface area contributed by atoms with Crippen molar-refractivity contribution in [3.63, 3.8) is 0 Å². The molecule has 7 nitrogen and oxygen atoms in total. The number of amides is 2. The van der Waals surface area contributed by atoms with Gasteiger partial charge in [0.2, 0.25) is 5.91 Å². The number of rotatable bonds is 7. The molecule has 0 radical (unpaired) electrons. The summed E-state index contributed by atoms with van der Waals surface area (Å²) in [4.78, 5) is 28.1. The van der Waals surface area contributed by atoms with E-state index in [0.29, 0.717) is 17.9 Å². The summed E-state index contributed by atoms with van der Waals surface area (Å²) in [5.74, 6) is -0.628. The largest absolute Gasteiger partial charge is 0.383 e. The molecule has 0 spiro atoms. The Morgan fingerprint density at radius 2 is 2.08 bits per heavy atom. The molecule has 3 aromatic rings. The average molecular weight is 352 g/mol. The molecule has 0 unspecified atom stereocenters. The van der Waals surface area contributed by atoms with Crippen molar-refractivity contribution in [2.24, 2.45) is 0 Å². The summed E-state index contributed by atoms with van der Waals surface area (Å²) in [6, 6.07) is 11.0. The molecule has 3 rings (SSSR count). The van der Waals surface area contributed by atoms with Gasteiger partial charge in [-0.3, -0.25) is 14.6 Å². The topological polar surface area (TPSA) is 85.2 Å². The Balaban J connectivity index is 1.64. The first-order valence-electron chi connectivity index (χ1n) is 8.24. The molecule has 2 heterocycles. The second-order valence-corrected chi connectivity index (χ2v) is 5.71. The second kappa shape index (κ2) is 8.26. The molecule has 0 saturated heterocycles. The van der Waals surface area contributed by atoms with Crippen molar-refractivity contribution in [2.75, 3.05) is 25.6 Å². The van der Waals surface area contributed by atoms with Gasteiger partial charge in [-0.15, -0.1) is 0 Å². The van der Waals surface area contributed by atoms with Crippen LogP contribution >= 0.6 is 0 Å². The number of methoxy groups -OCH3 is 1. The van der Waals surface area contributed by atoms with E-state index in [4.69, 9.17) is 4.74 Å². The van der Waals surface area contributed by atoms with Gasteiger partial charge < -0.3 is 19.9 Å². The van der Waals surface area contributed by atoms with Crippen LogP contribution in [0.4, 0.5) is 5.69 Å². The molecule has 2 N–H and O–H groups in total. The average Bonchev–Trinajstić information content (AvgIpc) is 3.09. The normalized spacial score (nSPS) is 10.7. The molecule has 1 aromatic carbocycles. The highest BCUT2D eigenvalue weighted by Crippen LogP contribution is 2.24. The number of pyridine rings is 1. The van der Waals surface area contributed by atoms with E-state index in [1.807, 2.05) is 30.5 Å². The van der Waals surface area contributed by atoms with Crippen LogP contribution in [0.3, 0.4) is 0 Å². The molecule has 0 aliphatic heterocycles. The number of hydrogen-bond donors (Lipinski definition) is 2. The molecular weight excluding hydrogens is 332 g/mol. The molecule has 2 aromatic heterocycles. The molecule has 0 atom stereocenters. The van der Waals surface area contributed by atoms with E-state index in [0.717, 1.165) is 17.4 Å². The highest BCUT2D eigenvalue weighted by atomic mass is 16.5. The molecular formula is C19H20N4O3.